The van der Waals surface area contributed by atoms with Crippen LogP contribution in [-0.2, 0) is 0 Å². The average molecular weight is 373 g/mol. The van der Waals surface area contributed by atoms with Crippen molar-refractivity contribution in [2.75, 3.05) is 26.2 Å². The molecule has 0 aliphatic carbocycles. The standard InChI is InChI=1S/C14H19N3O.HI/c1-3-10-16-14(15-4-2)17-11-12-18-13-8-6-5-7-9-13;/h1,5-9H,4,10-12H2,2H3,(H2,15,16,17);1H. The molecule has 0 heterocycles. The van der Waals surface area contributed by atoms with Crippen LogP contribution in [0.3, 0.4) is 0 Å². The van der Waals surface area contributed by atoms with Gasteiger partial charge < -0.3 is 15.4 Å². The van der Waals surface area contributed by atoms with Crippen molar-refractivity contribution >= 4 is 29.9 Å². The van der Waals surface area contributed by atoms with Gasteiger partial charge in [-0.25, -0.2) is 4.99 Å². The van der Waals surface area contributed by atoms with Gasteiger partial charge in [0.1, 0.15) is 12.4 Å². The van der Waals surface area contributed by atoms with Gasteiger partial charge in [-0.2, -0.15) is 0 Å². The van der Waals surface area contributed by atoms with Crippen LogP contribution in [0, 0.1) is 12.3 Å². The molecule has 1 rings (SSSR count). The highest BCUT2D eigenvalue weighted by molar-refractivity contribution is 14.0. The number of para-hydroxylation sites is 1. The van der Waals surface area contributed by atoms with Crippen molar-refractivity contribution in [2.45, 2.75) is 6.92 Å². The highest BCUT2D eigenvalue weighted by Crippen LogP contribution is 2.07. The first-order valence-corrected chi connectivity index (χ1v) is 6.00. The van der Waals surface area contributed by atoms with Crippen LogP contribution >= 0.6 is 24.0 Å². The molecule has 0 spiro atoms. The Bertz CT molecular complexity index is 401. The van der Waals surface area contributed by atoms with E-state index in [1.54, 1.807) is 0 Å². The predicted octanol–water partition coefficient (Wildman–Crippen LogP) is 1.87. The van der Waals surface area contributed by atoms with Crippen LogP contribution in [0.4, 0.5) is 0 Å². The number of hydrogen-bond donors (Lipinski definition) is 2. The van der Waals surface area contributed by atoms with Gasteiger partial charge in [0.25, 0.3) is 0 Å². The summed E-state index contributed by atoms with van der Waals surface area (Å²) >= 11 is 0. The Hall–Kier alpha value is -1.42. The van der Waals surface area contributed by atoms with Gasteiger partial charge in [0.2, 0.25) is 0 Å². The summed E-state index contributed by atoms with van der Waals surface area (Å²) in [6, 6.07) is 9.68. The zero-order chi connectivity index (χ0) is 13.1. The molecule has 0 saturated carbocycles. The Balaban J connectivity index is 0.00000324. The second-order valence-corrected chi connectivity index (χ2v) is 3.48. The van der Waals surface area contributed by atoms with Gasteiger partial charge in [-0.3, -0.25) is 0 Å². The third-order valence-corrected chi connectivity index (χ3v) is 2.08. The summed E-state index contributed by atoms with van der Waals surface area (Å²) in [6.07, 6.45) is 5.18. The normalized spacial score (nSPS) is 10.0. The smallest absolute Gasteiger partial charge is 0.192 e. The molecule has 104 valence electrons. The highest BCUT2D eigenvalue weighted by atomic mass is 127. The van der Waals surface area contributed by atoms with Crippen molar-refractivity contribution in [2.24, 2.45) is 4.99 Å². The van der Waals surface area contributed by atoms with E-state index in [1.807, 2.05) is 37.3 Å². The number of nitrogens with one attached hydrogen (secondary N) is 2. The van der Waals surface area contributed by atoms with Crippen molar-refractivity contribution in [3.05, 3.63) is 30.3 Å². The van der Waals surface area contributed by atoms with E-state index in [-0.39, 0.29) is 24.0 Å². The average Bonchev–Trinajstić information content (AvgIpc) is 2.42. The fourth-order valence-electron chi connectivity index (χ4n) is 1.31. The largest absolute Gasteiger partial charge is 0.492 e. The van der Waals surface area contributed by atoms with Crippen LogP contribution in [-0.4, -0.2) is 32.2 Å². The quantitative estimate of drug-likeness (QED) is 0.263. The van der Waals surface area contributed by atoms with E-state index >= 15 is 0 Å². The number of rotatable bonds is 6. The molecule has 0 amide bonds. The molecule has 0 saturated heterocycles. The summed E-state index contributed by atoms with van der Waals surface area (Å²) in [7, 11) is 0. The number of ether oxygens (including phenoxy) is 1. The summed E-state index contributed by atoms with van der Waals surface area (Å²) in [6.45, 7) is 4.39. The molecule has 5 heteroatoms. The Morgan fingerprint density at radius 3 is 2.68 bits per heavy atom. The van der Waals surface area contributed by atoms with Gasteiger partial charge >= 0.3 is 0 Å². The molecule has 0 fully saturated rings. The summed E-state index contributed by atoms with van der Waals surface area (Å²) in [4.78, 5) is 4.34. The zero-order valence-corrected chi connectivity index (χ0v) is 13.4. The van der Waals surface area contributed by atoms with Crippen LogP contribution in [0.2, 0.25) is 0 Å². The number of hydrogen-bond acceptors (Lipinski definition) is 2. The van der Waals surface area contributed by atoms with Gasteiger partial charge in [0.15, 0.2) is 5.96 Å². The first kappa shape index (κ1) is 17.6. The summed E-state index contributed by atoms with van der Waals surface area (Å²) in [5.41, 5.74) is 0. The van der Waals surface area contributed by atoms with E-state index in [1.165, 1.54) is 0 Å². The summed E-state index contributed by atoms with van der Waals surface area (Å²) in [5.74, 6) is 4.08. The van der Waals surface area contributed by atoms with Crippen molar-refractivity contribution in [3.8, 4) is 18.1 Å². The van der Waals surface area contributed by atoms with Crippen LogP contribution in [0.5, 0.6) is 5.75 Å². The lowest BCUT2D eigenvalue weighted by atomic mass is 10.3. The summed E-state index contributed by atoms with van der Waals surface area (Å²) in [5, 5.41) is 6.12. The summed E-state index contributed by atoms with van der Waals surface area (Å²) < 4.78 is 5.54. The second-order valence-electron chi connectivity index (χ2n) is 3.48. The Kier molecular flexibility index (Phi) is 10.8. The van der Waals surface area contributed by atoms with E-state index in [4.69, 9.17) is 11.2 Å². The molecule has 0 unspecified atom stereocenters. The number of halogens is 1. The molecule has 0 atom stereocenters. The van der Waals surface area contributed by atoms with E-state index in [0.717, 1.165) is 12.3 Å². The molecular weight excluding hydrogens is 353 g/mol. The van der Waals surface area contributed by atoms with E-state index < -0.39 is 0 Å². The molecule has 0 bridgehead atoms. The first-order valence-electron chi connectivity index (χ1n) is 6.00. The molecule has 4 nitrogen and oxygen atoms in total. The Morgan fingerprint density at radius 1 is 1.32 bits per heavy atom. The van der Waals surface area contributed by atoms with Crippen molar-refractivity contribution in [3.63, 3.8) is 0 Å². The maximum atomic E-state index is 5.54. The number of aliphatic imine (C=N–C) groups is 1. The van der Waals surface area contributed by atoms with Crippen molar-refractivity contribution in [1.82, 2.24) is 10.6 Å². The molecule has 0 aromatic heterocycles. The van der Waals surface area contributed by atoms with Gasteiger partial charge in [-0.15, -0.1) is 30.4 Å². The van der Waals surface area contributed by atoms with Crippen LogP contribution in [0.15, 0.2) is 35.3 Å². The maximum absolute atomic E-state index is 5.54. The molecular formula is C14H20IN3O. The van der Waals surface area contributed by atoms with E-state index in [9.17, 15) is 0 Å². The van der Waals surface area contributed by atoms with Gasteiger partial charge in [0, 0.05) is 6.54 Å². The topological polar surface area (TPSA) is 45.7 Å². The van der Waals surface area contributed by atoms with E-state index in [2.05, 4.69) is 21.5 Å². The first-order chi connectivity index (χ1) is 8.86. The van der Waals surface area contributed by atoms with Crippen molar-refractivity contribution < 1.29 is 4.74 Å². The minimum Gasteiger partial charge on any atom is -0.492 e. The molecule has 0 aliphatic heterocycles. The number of benzene rings is 1. The Labute approximate surface area is 132 Å². The maximum Gasteiger partial charge on any atom is 0.192 e. The van der Waals surface area contributed by atoms with E-state index in [0.29, 0.717) is 25.7 Å². The minimum absolute atomic E-state index is 0. The molecule has 1 aromatic rings. The monoisotopic (exact) mass is 373 g/mol. The predicted molar refractivity (Wildman–Crippen MR) is 90.2 cm³/mol. The SMILES string of the molecule is C#CCNC(=NCCOc1ccccc1)NCC.I. The van der Waals surface area contributed by atoms with Crippen LogP contribution < -0.4 is 15.4 Å². The lowest BCUT2D eigenvalue weighted by Gasteiger charge is -2.09. The number of nitrogens with zero attached hydrogens (tertiary/aromatic N) is 1. The highest BCUT2D eigenvalue weighted by Gasteiger charge is 1.95. The third kappa shape index (κ3) is 8.32. The molecule has 2 N–H and O–H groups in total. The third-order valence-electron chi connectivity index (χ3n) is 2.08. The molecule has 1 aromatic carbocycles. The fourth-order valence-corrected chi connectivity index (χ4v) is 1.31. The number of guanidine groups is 1. The lowest BCUT2D eigenvalue weighted by molar-refractivity contribution is 0.328. The van der Waals surface area contributed by atoms with Gasteiger partial charge in [-0.05, 0) is 19.1 Å². The van der Waals surface area contributed by atoms with Gasteiger partial charge in [0.05, 0.1) is 13.1 Å². The molecule has 19 heavy (non-hydrogen) atoms. The van der Waals surface area contributed by atoms with Crippen molar-refractivity contribution in [1.29, 1.82) is 0 Å². The number of terminal acetylenes is 1. The lowest BCUT2D eigenvalue weighted by Crippen LogP contribution is -2.37. The Morgan fingerprint density at radius 2 is 2.05 bits per heavy atom. The second kappa shape index (κ2) is 11.7. The van der Waals surface area contributed by atoms with Crippen LogP contribution in [0.1, 0.15) is 6.92 Å². The fraction of sp³-hybridized carbons (Fsp3) is 0.357. The molecule has 0 radical (unpaired) electrons. The van der Waals surface area contributed by atoms with Crippen LogP contribution in [0.25, 0.3) is 0 Å². The van der Waals surface area contributed by atoms with Gasteiger partial charge in [-0.1, -0.05) is 24.1 Å². The molecule has 0 aliphatic rings. The zero-order valence-electron chi connectivity index (χ0n) is 11.1. The minimum atomic E-state index is 0.